The molecule has 1 fully saturated rings. The number of anilines is 1. The van der Waals surface area contributed by atoms with Crippen LogP contribution in [0.3, 0.4) is 0 Å². The fraction of sp³-hybridized carbons (Fsp3) is 0.444. The third-order valence-corrected chi connectivity index (χ3v) is 5.76. The molecule has 2 heterocycles. The average Bonchev–Trinajstić information content (AvgIpc) is 3.14. The third kappa shape index (κ3) is 4.82. The Kier molecular flexibility index (Phi) is 6.76. The van der Waals surface area contributed by atoms with E-state index >= 15 is 0 Å². The Balaban J connectivity index is 1.67. The van der Waals surface area contributed by atoms with E-state index in [9.17, 15) is 9.59 Å². The van der Waals surface area contributed by atoms with Crippen LogP contribution in [0.25, 0.3) is 10.6 Å². The van der Waals surface area contributed by atoms with Crippen LogP contribution in [0.2, 0.25) is 5.02 Å². The van der Waals surface area contributed by atoms with Crippen LogP contribution in [0.5, 0.6) is 0 Å². The summed E-state index contributed by atoms with van der Waals surface area (Å²) in [6.45, 7) is 4.73. The van der Waals surface area contributed by atoms with Crippen molar-refractivity contribution in [1.29, 1.82) is 0 Å². The average molecular weight is 408 g/mol. The van der Waals surface area contributed by atoms with E-state index < -0.39 is 0 Å². The van der Waals surface area contributed by atoms with E-state index in [2.05, 4.69) is 27.3 Å². The zero-order valence-electron chi connectivity index (χ0n) is 15.1. The van der Waals surface area contributed by atoms with E-state index in [1.807, 2.05) is 18.2 Å². The van der Waals surface area contributed by atoms with E-state index in [1.165, 1.54) is 11.3 Å². The molecule has 1 atom stereocenters. The number of hydrogen-bond donors (Lipinski definition) is 1. The van der Waals surface area contributed by atoms with Crippen LogP contribution < -0.4 is 5.32 Å². The number of nitrogens with one attached hydrogen (secondary N) is 1. The topological polar surface area (TPSA) is 78.4 Å². The van der Waals surface area contributed by atoms with E-state index in [-0.39, 0.29) is 11.9 Å². The lowest BCUT2D eigenvalue weighted by molar-refractivity contribution is -0.124. The molecule has 2 aromatic rings. The Morgan fingerprint density at radius 2 is 2.04 bits per heavy atom. The van der Waals surface area contributed by atoms with Gasteiger partial charge in [0.2, 0.25) is 17.4 Å². The molecule has 1 N–H and O–H groups in total. The number of aromatic nitrogens is 2. The molecule has 0 saturated carbocycles. The van der Waals surface area contributed by atoms with Crippen molar-refractivity contribution in [2.75, 3.05) is 31.5 Å². The molecule has 0 spiro atoms. The molecule has 1 unspecified atom stereocenters. The largest absolute Gasteiger partial charge is 0.343 e. The maximum Gasteiger partial charge on any atom is 0.243 e. The Hall–Kier alpha value is -2.03. The zero-order valence-corrected chi connectivity index (χ0v) is 16.7. The van der Waals surface area contributed by atoms with Gasteiger partial charge in [0.25, 0.3) is 0 Å². The lowest BCUT2D eigenvalue weighted by Crippen LogP contribution is -2.53. The first-order chi connectivity index (χ1) is 13.1. The van der Waals surface area contributed by atoms with Gasteiger partial charge in [-0.15, -0.1) is 10.2 Å². The lowest BCUT2D eigenvalue weighted by atomic mass is 10.1. The summed E-state index contributed by atoms with van der Waals surface area (Å²) in [5.41, 5.74) is 0.798. The number of benzene rings is 1. The van der Waals surface area contributed by atoms with Gasteiger partial charge in [-0.1, -0.05) is 54.5 Å². The molecular formula is C18H22ClN5O2S. The number of piperazine rings is 1. The standard InChI is InChI=1S/C18H22ClN5O2S/c1-2-5-15(24-10-8-23(12-25)9-11-24)16(26)20-18-22-21-17(27-18)13-6-3-4-7-14(13)19/h3-4,6-7,12,15H,2,5,8-11H2,1H3,(H,20,22,26). The highest BCUT2D eigenvalue weighted by Gasteiger charge is 2.28. The van der Waals surface area contributed by atoms with E-state index in [0.29, 0.717) is 41.3 Å². The van der Waals surface area contributed by atoms with Gasteiger partial charge < -0.3 is 4.90 Å². The second kappa shape index (κ2) is 9.25. The molecule has 2 amide bonds. The van der Waals surface area contributed by atoms with Gasteiger partial charge in [-0.3, -0.25) is 19.8 Å². The van der Waals surface area contributed by atoms with Crippen molar-refractivity contribution in [1.82, 2.24) is 20.0 Å². The minimum atomic E-state index is -0.239. The smallest absolute Gasteiger partial charge is 0.243 e. The van der Waals surface area contributed by atoms with E-state index in [0.717, 1.165) is 24.8 Å². The number of halogens is 1. The van der Waals surface area contributed by atoms with Gasteiger partial charge in [0, 0.05) is 31.7 Å². The monoisotopic (exact) mass is 407 g/mol. The fourth-order valence-corrected chi connectivity index (χ4v) is 4.18. The van der Waals surface area contributed by atoms with Crippen LogP contribution in [0.15, 0.2) is 24.3 Å². The van der Waals surface area contributed by atoms with Gasteiger partial charge in [0.05, 0.1) is 11.1 Å². The summed E-state index contributed by atoms with van der Waals surface area (Å²) in [6, 6.07) is 7.18. The van der Waals surface area contributed by atoms with Crippen molar-refractivity contribution in [2.24, 2.45) is 0 Å². The molecule has 1 aromatic carbocycles. The fourth-order valence-electron chi connectivity index (χ4n) is 3.11. The van der Waals surface area contributed by atoms with Gasteiger partial charge in [-0.05, 0) is 12.5 Å². The molecule has 7 nitrogen and oxygen atoms in total. The van der Waals surface area contributed by atoms with Crippen LogP contribution in [-0.2, 0) is 9.59 Å². The highest BCUT2D eigenvalue weighted by molar-refractivity contribution is 7.18. The highest BCUT2D eigenvalue weighted by Crippen LogP contribution is 2.31. The molecular weight excluding hydrogens is 386 g/mol. The van der Waals surface area contributed by atoms with Crippen LogP contribution in [0.1, 0.15) is 19.8 Å². The predicted molar refractivity (Wildman–Crippen MR) is 107 cm³/mol. The number of carbonyl (C=O) groups excluding carboxylic acids is 2. The van der Waals surface area contributed by atoms with E-state index in [4.69, 9.17) is 11.6 Å². The summed E-state index contributed by atoms with van der Waals surface area (Å²) in [7, 11) is 0. The van der Waals surface area contributed by atoms with Gasteiger partial charge >= 0.3 is 0 Å². The minimum Gasteiger partial charge on any atom is -0.343 e. The number of hydrogen-bond acceptors (Lipinski definition) is 6. The molecule has 27 heavy (non-hydrogen) atoms. The Morgan fingerprint density at radius 3 is 2.70 bits per heavy atom. The summed E-state index contributed by atoms with van der Waals surface area (Å²) >= 11 is 7.51. The van der Waals surface area contributed by atoms with Crippen molar-refractivity contribution in [2.45, 2.75) is 25.8 Å². The number of rotatable bonds is 7. The summed E-state index contributed by atoms with van der Waals surface area (Å²) in [6.07, 6.45) is 2.51. The molecule has 1 aliphatic rings. The molecule has 1 aromatic heterocycles. The molecule has 3 rings (SSSR count). The molecule has 9 heteroatoms. The first-order valence-electron chi connectivity index (χ1n) is 8.95. The Bertz CT molecular complexity index is 792. The normalized spacial score (nSPS) is 16.1. The Morgan fingerprint density at radius 1 is 1.30 bits per heavy atom. The lowest BCUT2D eigenvalue weighted by Gasteiger charge is -2.37. The maximum absolute atomic E-state index is 12.8. The molecule has 1 aliphatic heterocycles. The zero-order chi connectivity index (χ0) is 19.2. The molecule has 144 valence electrons. The van der Waals surface area contributed by atoms with Crippen molar-refractivity contribution < 1.29 is 9.59 Å². The van der Waals surface area contributed by atoms with Crippen molar-refractivity contribution >= 4 is 40.4 Å². The van der Waals surface area contributed by atoms with Gasteiger partial charge in [-0.2, -0.15) is 0 Å². The molecule has 0 aliphatic carbocycles. The molecule has 0 radical (unpaired) electrons. The number of amides is 2. The highest BCUT2D eigenvalue weighted by atomic mass is 35.5. The maximum atomic E-state index is 12.8. The van der Waals surface area contributed by atoms with Crippen LogP contribution in [-0.4, -0.2) is 64.5 Å². The quantitative estimate of drug-likeness (QED) is 0.714. The summed E-state index contributed by atoms with van der Waals surface area (Å²) < 4.78 is 0. The summed E-state index contributed by atoms with van der Waals surface area (Å²) in [5.74, 6) is -0.0849. The SMILES string of the molecule is CCCC(C(=O)Nc1nnc(-c2ccccc2Cl)s1)N1CCN(C=O)CC1. The van der Waals surface area contributed by atoms with Gasteiger partial charge in [-0.25, -0.2) is 0 Å². The van der Waals surface area contributed by atoms with Gasteiger partial charge in [0.1, 0.15) is 0 Å². The van der Waals surface area contributed by atoms with Crippen molar-refractivity contribution in [3.63, 3.8) is 0 Å². The van der Waals surface area contributed by atoms with Gasteiger partial charge in [0.15, 0.2) is 5.01 Å². The number of carbonyl (C=O) groups is 2. The first-order valence-corrected chi connectivity index (χ1v) is 10.1. The van der Waals surface area contributed by atoms with Crippen molar-refractivity contribution in [3.05, 3.63) is 29.3 Å². The first kappa shape index (κ1) is 19.7. The third-order valence-electron chi connectivity index (χ3n) is 4.56. The molecule has 0 bridgehead atoms. The molecule has 1 saturated heterocycles. The second-order valence-corrected chi connectivity index (χ2v) is 7.75. The van der Waals surface area contributed by atoms with Crippen LogP contribution in [0.4, 0.5) is 5.13 Å². The van der Waals surface area contributed by atoms with Crippen molar-refractivity contribution in [3.8, 4) is 10.6 Å². The minimum absolute atomic E-state index is 0.0849. The van der Waals surface area contributed by atoms with Crippen LogP contribution in [0, 0.1) is 0 Å². The summed E-state index contributed by atoms with van der Waals surface area (Å²) in [5, 5.41) is 12.9. The predicted octanol–water partition coefficient (Wildman–Crippen LogP) is 2.74. The summed E-state index contributed by atoms with van der Waals surface area (Å²) in [4.78, 5) is 27.6. The Labute approximate surface area is 167 Å². The number of nitrogens with zero attached hydrogens (tertiary/aromatic N) is 4. The van der Waals surface area contributed by atoms with Crippen LogP contribution >= 0.6 is 22.9 Å². The second-order valence-electron chi connectivity index (χ2n) is 6.36. The van der Waals surface area contributed by atoms with E-state index in [1.54, 1.807) is 11.0 Å².